The fourth-order valence-electron chi connectivity index (χ4n) is 1.13. The second-order valence-electron chi connectivity index (χ2n) is 3.21. The van der Waals surface area contributed by atoms with Crippen LogP contribution >= 0.6 is 11.6 Å². The van der Waals surface area contributed by atoms with Gasteiger partial charge in [-0.1, -0.05) is 23.7 Å². The predicted octanol–water partition coefficient (Wildman–Crippen LogP) is 1.48. The number of imide groups is 1. The Labute approximate surface area is 114 Å². The molecule has 0 heterocycles. The van der Waals surface area contributed by atoms with Crippen molar-refractivity contribution in [1.82, 2.24) is 10.0 Å². The van der Waals surface area contributed by atoms with E-state index < -0.39 is 22.1 Å². The maximum atomic E-state index is 11.8. The molecule has 0 aliphatic rings. The molecule has 0 saturated carbocycles. The molecule has 0 spiro atoms. The van der Waals surface area contributed by atoms with Gasteiger partial charge in [0.2, 0.25) is 0 Å². The lowest BCUT2D eigenvalue weighted by atomic mass is 10.4. The lowest BCUT2D eigenvalue weighted by molar-refractivity contribution is 0.153. The molecule has 1 aromatic rings. The zero-order valence-corrected chi connectivity index (χ0v) is 11.4. The van der Waals surface area contributed by atoms with Gasteiger partial charge in [-0.2, -0.15) is 0 Å². The summed E-state index contributed by atoms with van der Waals surface area (Å²) >= 11 is 5.71. The Morgan fingerprint density at radius 2 is 1.95 bits per heavy atom. The van der Waals surface area contributed by atoms with Gasteiger partial charge < -0.3 is 4.74 Å². The smallest absolute Gasteiger partial charge is 0.415 e. The van der Waals surface area contributed by atoms with E-state index >= 15 is 0 Å². The van der Waals surface area contributed by atoms with Crippen molar-refractivity contribution in [1.29, 1.82) is 0 Å². The van der Waals surface area contributed by atoms with E-state index in [9.17, 15) is 18.0 Å². The van der Waals surface area contributed by atoms with Crippen LogP contribution in [0.15, 0.2) is 29.2 Å². The number of sulfonamides is 1. The van der Waals surface area contributed by atoms with Crippen molar-refractivity contribution in [2.75, 3.05) is 6.61 Å². The van der Waals surface area contributed by atoms with Crippen LogP contribution in [0.5, 0.6) is 0 Å². The van der Waals surface area contributed by atoms with Gasteiger partial charge >= 0.3 is 12.1 Å². The molecule has 0 aliphatic carbocycles. The molecule has 0 atom stereocenters. The standard InChI is InChI=1S/C10H11ClN2O5S/c1-2-18-10(15)12-9(14)13-19(16,17)8-6-4-3-5-7(8)11/h3-6H,2H2,1H3,(H2,12,13,14,15). The van der Waals surface area contributed by atoms with Crippen molar-refractivity contribution in [3.63, 3.8) is 0 Å². The first-order chi connectivity index (χ1) is 8.86. The molecule has 0 unspecified atom stereocenters. The number of halogens is 1. The summed E-state index contributed by atoms with van der Waals surface area (Å²) in [4.78, 5) is 21.9. The lowest BCUT2D eigenvalue weighted by Crippen LogP contribution is -2.42. The van der Waals surface area contributed by atoms with Crippen LogP contribution in [0, 0.1) is 0 Å². The predicted molar refractivity (Wildman–Crippen MR) is 67.3 cm³/mol. The zero-order valence-electron chi connectivity index (χ0n) is 9.84. The summed E-state index contributed by atoms with van der Waals surface area (Å²) in [6, 6.07) is 4.35. The topological polar surface area (TPSA) is 102 Å². The van der Waals surface area contributed by atoms with Gasteiger partial charge in [0.1, 0.15) is 4.90 Å². The number of urea groups is 1. The molecule has 19 heavy (non-hydrogen) atoms. The van der Waals surface area contributed by atoms with Crippen molar-refractivity contribution in [3.8, 4) is 0 Å². The SMILES string of the molecule is CCOC(=O)NC(=O)NS(=O)(=O)c1ccccc1Cl. The Bertz CT molecular complexity index is 587. The van der Waals surface area contributed by atoms with Gasteiger partial charge in [0.05, 0.1) is 11.6 Å². The minimum atomic E-state index is -4.15. The number of hydrogen-bond donors (Lipinski definition) is 2. The van der Waals surface area contributed by atoms with E-state index in [1.54, 1.807) is 16.1 Å². The van der Waals surface area contributed by atoms with Crippen LogP contribution in [0.25, 0.3) is 0 Å². The van der Waals surface area contributed by atoms with Gasteiger partial charge in [-0.05, 0) is 19.1 Å². The summed E-state index contributed by atoms with van der Waals surface area (Å²) in [5, 5.41) is 1.65. The molecule has 0 fully saturated rings. The number of rotatable bonds is 3. The molecule has 0 aliphatic heterocycles. The second kappa shape index (κ2) is 6.39. The molecular formula is C10H11ClN2O5S. The molecule has 1 rings (SSSR count). The highest BCUT2D eigenvalue weighted by atomic mass is 35.5. The molecule has 1 aromatic carbocycles. The summed E-state index contributed by atoms with van der Waals surface area (Å²) in [6.45, 7) is 1.59. The van der Waals surface area contributed by atoms with Crippen LogP contribution in [0.4, 0.5) is 9.59 Å². The summed E-state index contributed by atoms with van der Waals surface area (Å²) in [5.74, 6) is 0. The number of ether oxygens (including phenoxy) is 1. The normalized spacial score (nSPS) is 10.6. The number of hydrogen-bond acceptors (Lipinski definition) is 5. The van der Waals surface area contributed by atoms with E-state index in [4.69, 9.17) is 11.6 Å². The third-order valence-corrected chi connectivity index (χ3v) is 3.68. The van der Waals surface area contributed by atoms with Gasteiger partial charge in [-0.25, -0.2) is 28.0 Å². The number of nitrogens with one attached hydrogen (secondary N) is 2. The van der Waals surface area contributed by atoms with Gasteiger partial charge in [0.15, 0.2) is 0 Å². The summed E-state index contributed by atoms with van der Waals surface area (Å²) in [6.07, 6.45) is -1.05. The number of benzene rings is 1. The number of carbonyl (C=O) groups is 2. The first-order valence-electron chi connectivity index (χ1n) is 5.12. The largest absolute Gasteiger partial charge is 0.450 e. The van der Waals surface area contributed by atoms with Gasteiger partial charge in [0.25, 0.3) is 10.0 Å². The second-order valence-corrected chi connectivity index (χ2v) is 5.27. The van der Waals surface area contributed by atoms with Crippen LogP contribution in [-0.4, -0.2) is 27.1 Å². The van der Waals surface area contributed by atoms with Crippen molar-refractivity contribution < 1.29 is 22.7 Å². The van der Waals surface area contributed by atoms with Gasteiger partial charge in [0, 0.05) is 0 Å². The maximum Gasteiger partial charge on any atom is 0.415 e. The van der Waals surface area contributed by atoms with E-state index in [2.05, 4.69) is 4.74 Å². The maximum absolute atomic E-state index is 11.8. The highest BCUT2D eigenvalue weighted by molar-refractivity contribution is 7.90. The van der Waals surface area contributed by atoms with E-state index in [0.717, 1.165) is 0 Å². The first-order valence-corrected chi connectivity index (χ1v) is 6.98. The van der Waals surface area contributed by atoms with Crippen LogP contribution in [-0.2, 0) is 14.8 Å². The van der Waals surface area contributed by atoms with Crippen LogP contribution < -0.4 is 10.0 Å². The van der Waals surface area contributed by atoms with Crippen molar-refractivity contribution >= 4 is 33.7 Å². The minimum absolute atomic E-state index is 0.0427. The van der Waals surface area contributed by atoms with Gasteiger partial charge in [-0.3, -0.25) is 0 Å². The number of carbonyl (C=O) groups excluding carboxylic acids is 2. The first kappa shape index (κ1) is 15.3. The van der Waals surface area contributed by atoms with Crippen LogP contribution in [0.1, 0.15) is 6.92 Å². The number of alkyl carbamates (subject to hydrolysis) is 1. The molecule has 7 nitrogen and oxygen atoms in total. The molecule has 3 amide bonds. The molecule has 0 saturated heterocycles. The van der Waals surface area contributed by atoms with E-state index in [0.29, 0.717) is 0 Å². The van der Waals surface area contributed by atoms with Crippen molar-refractivity contribution in [3.05, 3.63) is 29.3 Å². The fourth-order valence-corrected chi connectivity index (χ4v) is 2.55. The Hall–Kier alpha value is -1.80. The van der Waals surface area contributed by atoms with Crippen molar-refractivity contribution in [2.45, 2.75) is 11.8 Å². The number of amides is 3. The molecule has 9 heteroatoms. The Kier molecular flexibility index (Phi) is 5.13. The lowest BCUT2D eigenvalue weighted by Gasteiger charge is -2.08. The summed E-state index contributed by atoms with van der Waals surface area (Å²) in [5.41, 5.74) is 0. The van der Waals surface area contributed by atoms with Crippen molar-refractivity contribution in [2.24, 2.45) is 0 Å². The van der Waals surface area contributed by atoms with E-state index in [1.165, 1.54) is 25.1 Å². The average Bonchev–Trinajstić information content (AvgIpc) is 2.28. The summed E-state index contributed by atoms with van der Waals surface area (Å²) in [7, 11) is -4.15. The van der Waals surface area contributed by atoms with E-state index in [1.807, 2.05) is 0 Å². The summed E-state index contributed by atoms with van der Waals surface area (Å²) < 4.78 is 29.7. The third kappa shape index (κ3) is 4.42. The third-order valence-electron chi connectivity index (χ3n) is 1.84. The monoisotopic (exact) mass is 306 g/mol. The molecule has 0 radical (unpaired) electrons. The van der Waals surface area contributed by atoms with E-state index in [-0.39, 0.29) is 16.5 Å². The van der Waals surface area contributed by atoms with Crippen LogP contribution in [0.2, 0.25) is 5.02 Å². The van der Waals surface area contributed by atoms with Gasteiger partial charge in [-0.15, -0.1) is 0 Å². The Balaban J connectivity index is 2.79. The molecule has 0 bridgehead atoms. The Morgan fingerprint density at radius 3 is 2.53 bits per heavy atom. The highest BCUT2D eigenvalue weighted by Gasteiger charge is 2.21. The fraction of sp³-hybridized carbons (Fsp3) is 0.200. The average molecular weight is 307 g/mol. The quantitative estimate of drug-likeness (QED) is 0.880. The molecule has 104 valence electrons. The molecule has 2 N–H and O–H groups in total. The minimum Gasteiger partial charge on any atom is -0.450 e. The Morgan fingerprint density at radius 1 is 1.32 bits per heavy atom. The van der Waals surface area contributed by atoms with Crippen LogP contribution in [0.3, 0.4) is 0 Å². The molecule has 0 aromatic heterocycles. The molecular weight excluding hydrogens is 296 g/mol. The zero-order chi connectivity index (χ0) is 14.5. The highest BCUT2D eigenvalue weighted by Crippen LogP contribution is 2.19.